The van der Waals surface area contributed by atoms with E-state index in [1.54, 1.807) is 0 Å². The van der Waals surface area contributed by atoms with Crippen molar-refractivity contribution < 1.29 is 19.1 Å². The molecule has 0 fully saturated rings. The maximum atomic E-state index is 12.2. The maximum absolute atomic E-state index is 12.2. The first-order valence-corrected chi connectivity index (χ1v) is 14.9. The first kappa shape index (κ1) is 30.4. The smallest absolute Gasteiger partial charge is 0.305 e. The molecule has 0 saturated carbocycles. The molecule has 226 valence electrons. The van der Waals surface area contributed by atoms with Crippen LogP contribution >= 0.6 is 0 Å². The van der Waals surface area contributed by atoms with Gasteiger partial charge in [0.05, 0.1) is 37.1 Å². The van der Waals surface area contributed by atoms with Gasteiger partial charge in [-0.05, 0) is 131 Å². The van der Waals surface area contributed by atoms with Gasteiger partial charge in [0.15, 0.2) is 0 Å². The van der Waals surface area contributed by atoms with Gasteiger partial charge in [-0.3, -0.25) is 19.6 Å². The number of methoxy groups -OCH3 is 2. The molecule has 8 bridgehead atoms. The second kappa shape index (κ2) is 10.9. The minimum absolute atomic E-state index is 0.251. The average Bonchev–Trinajstić information content (AvgIpc) is 3.59. The van der Waals surface area contributed by atoms with Crippen molar-refractivity contribution in [3.8, 4) is 0 Å². The molecule has 1 aromatic heterocycles. The highest BCUT2D eigenvalue weighted by Gasteiger charge is 2.53. The number of allylic oxidation sites excluding steroid dienone is 5. The van der Waals surface area contributed by atoms with Crippen LogP contribution in [0.2, 0.25) is 0 Å². The number of esters is 2. The van der Waals surface area contributed by atoms with Crippen LogP contribution in [0.15, 0.2) is 60.2 Å². The van der Waals surface area contributed by atoms with Crippen LogP contribution in [0.5, 0.6) is 0 Å². The monoisotopic (exact) mass is 582 g/mol. The molecular formula is C35H42N4O4. The van der Waals surface area contributed by atoms with Crippen molar-refractivity contribution in [3.05, 3.63) is 67.0 Å². The summed E-state index contributed by atoms with van der Waals surface area (Å²) in [4.78, 5) is 43.8. The second-order valence-corrected chi connectivity index (χ2v) is 12.3. The number of aromatic amines is 1. The zero-order valence-corrected chi connectivity index (χ0v) is 27.0. The zero-order chi connectivity index (χ0) is 31.4. The molecule has 0 aliphatic carbocycles. The molecule has 43 heavy (non-hydrogen) atoms. The van der Waals surface area contributed by atoms with Crippen LogP contribution in [-0.2, 0) is 25.5 Å². The number of ether oxygens (including phenoxy) is 2. The summed E-state index contributed by atoms with van der Waals surface area (Å²) >= 11 is 0. The Morgan fingerprint density at radius 1 is 0.721 bits per heavy atom. The molecule has 8 nitrogen and oxygen atoms in total. The molecule has 0 saturated heterocycles. The van der Waals surface area contributed by atoms with Gasteiger partial charge in [-0.2, -0.15) is 0 Å². The van der Waals surface area contributed by atoms with Gasteiger partial charge < -0.3 is 14.5 Å². The van der Waals surface area contributed by atoms with Crippen LogP contribution in [0.4, 0.5) is 0 Å². The SMILES string of the molecule is COC(=O)CCC1=C(C)/C2=C/C3=NC(C)(C(C)=C3C)C3(C)N=C(/C=c4\[nH]/c(c(CCC(=O)OC)c4C)=C\C1=N2)C(C)=C3C. The van der Waals surface area contributed by atoms with Crippen LogP contribution in [0.25, 0.3) is 12.2 Å². The van der Waals surface area contributed by atoms with Gasteiger partial charge in [0.1, 0.15) is 11.1 Å². The van der Waals surface area contributed by atoms with E-state index < -0.39 is 11.1 Å². The average molecular weight is 583 g/mol. The summed E-state index contributed by atoms with van der Waals surface area (Å²) in [5, 5.41) is 1.81. The topological polar surface area (TPSA) is 105 Å². The fraction of sp³-hybridized carbons (Fsp3) is 0.457. The van der Waals surface area contributed by atoms with Gasteiger partial charge in [-0.25, -0.2) is 4.99 Å². The van der Waals surface area contributed by atoms with Gasteiger partial charge >= 0.3 is 11.9 Å². The van der Waals surface area contributed by atoms with E-state index >= 15 is 0 Å². The fourth-order valence-corrected chi connectivity index (χ4v) is 6.69. The number of nitrogens with one attached hydrogen (secondary N) is 1. The summed E-state index contributed by atoms with van der Waals surface area (Å²) in [6.45, 7) is 17.1. The molecule has 5 heterocycles. The van der Waals surface area contributed by atoms with Crippen LogP contribution in [0, 0.1) is 6.92 Å². The molecule has 2 unspecified atom stereocenters. The van der Waals surface area contributed by atoms with Gasteiger partial charge in [0, 0.05) is 23.5 Å². The minimum Gasteiger partial charge on any atom is -0.469 e. The number of aliphatic imine (C=N–C) groups is 3. The van der Waals surface area contributed by atoms with Crippen molar-refractivity contribution in [2.75, 3.05) is 14.2 Å². The first-order chi connectivity index (χ1) is 20.2. The van der Waals surface area contributed by atoms with E-state index in [0.717, 1.165) is 66.9 Å². The Morgan fingerprint density at radius 3 is 1.79 bits per heavy atom. The molecular weight excluding hydrogens is 540 g/mol. The van der Waals surface area contributed by atoms with Gasteiger partial charge in [0.2, 0.25) is 0 Å². The van der Waals surface area contributed by atoms with Crippen LogP contribution in [0.3, 0.4) is 0 Å². The lowest BCUT2D eigenvalue weighted by molar-refractivity contribution is -0.141. The predicted molar refractivity (Wildman–Crippen MR) is 172 cm³/mol. The van der Waals surface area contributed by atoms with E-state index in [0.29, 0.717) is 12.8 Å². The predicted octanol–water partition coefficient (Wildman–Crippen LogP) is 4.71. The van der Waals surface area contributed by atoms with Crippen molar-refractivity contribution in [2.24, 2.45) is 15.0 Å². The number of carbonyl (C=O) groups is 2. The number of carbonyl (C=O) groups excluding carboxylic acids is 2. The Kier molecular flexibility index (Phi) is 7.69. The van der Waals surface area contributed by atoms with Crippen LogP contribution in [0.1, 0.15) is 78.9 Å². The van der Waals surface area contributed by atoms with Crippen molar-refractivity contribution in [1.82, 2.24) is 4.98 Å². The highest BCUT2D eigenvalue weighted by Crippen LogP contribution is 2.49. The third-order valence-corrected chi connectivity index (χ3v) is 10.3. The Balaban J connectivity index is 1.82. The molecule has 8 heteroatoms. The first-order valence-electron chi connectivity index (χ1n) is 14.9. The lowest BCUT2D eigenvalue weighted by Gasteiger charge is -2.39. The largest absolute Gasteiger partial charge is 0.469 e. The van der Waals surface area contributed by atoms with Crippen molar-refractivity contribution in [2.45, 2.75) is 92.2 Å². The van der Waals surface area contributed by atoms with Crippen molar-refractivity contribution in [1.29, 1.82) is 0 Å². The summed E-state index contributed by atoms with van der Waals surface area (Å²) in [5.41, 5.74) is 11.0. The number of nitrogens with zero attached hydrogens (tertiary/aromatic N) is 3. The van der Waals surface area contributed by atoms with Crippen molar-refractivity contribution >= 4 is 41.2 Å². The molecule has 2 atom stereocenters. The third-order valence-electron chi connectivity index (χ3n) is 10.3. The quantitative estimate of drug-likeness (QED) is 0.491. The van der Waals surface area contributed by atoms with E-state index in [1.807, 2.05) is 6.08 Å². The Bertz CT molecular complexity index is 1810. The lowest BCUT2D eigenvalue weighted by atomic mass is 9.71. The molecule has 4 aliphatic rings. The van der Waals surface area contributed by atoms with Crippen LogP contribution < -0.4 is 10.7 Å². The number of fused-ring (bicyclic) bond motifs is 6. The van der Waals surface area contributed by atoms with Gasteiger partial charge in [-0.1, -0.05) is 0 Å². The molecule has 1 N–H and O–H groups in total. The van der Waals surface area contributed by atoms with Gasteiger partial charge in [0.25, 0.3) is 0 Å². The summed E-state index contributed by atoms with van der Waals surface area (Å²) in [6, 6.07) is 0. The van der Waals surface area contributed by atoms with Crippen LogP contribution in [-0.4, -0.2) is 59.4 Å². The summed E-state index contributed by atoms with van der Waals surface area (Å²) < 4.78 is 9.91. The molecule has 0 amide bonds. The highest BCUT2D eigenvalue weighted by atomic mass is 16.5. The second-order valence-electron chi connectivity index (χ2n) is 12.3. The van der Waals surface area contributed by atoms with E-state index in [1.165, 1.54) is 25.4 Å². The van der Waals surface area contributed by atoms with E-state index in [9.17, 15) is 9.59 Å². The third kappa shape index (κ3) is 4.81. The Hall–Kier alpha value is -4.07. The van der Waals surface area contributed by atoms with Crippen molar-refractivity contribution in [3.63, 3.8) is 0 Å². The van der Waals surface area contributed by atoms with E-state index in [2.05, 4.69) is 72.5 Å². The molecule has 0 spiro atoms. The zero-order valence-electron chi connectivity index (χ0n) is 27.0. The summed E-state index contributed by atoms with van der Waals surface area (Å²) in [7, 11) is 2.82. The highest BCUT2D eigenvalue weighted by molar-refractivity contribution is 6.25. The number of rotatable bonds is 6. The molecule has 0 radical (unpaired) electrons. The fourth-order valence-electron chi connectivity index (χ4n) is 6.69. The van der Waals surface area contributed by atoms with Gasteiger partial charge in [-0.15, -0.1) is 0 Å². The number of hydrogen-bond donors (Lipinski definition) is 1. The standard InChI is InChI=1S/C35H42N4O4/c1-18-22(5)34(7)35(8)23(6)19(2)29(39-35)16-27-21(4)25(12-14-33(41)43-10)31(37-27)17-30-24(11-13-32(40)42-9)20(3)26(36-30)15-28(18)38-34/h15-17,36H,11-14H2,1-10H3/b26-15-,27-16-,30-17-. The Morgan fingerprint density at radius 2 is 1.23 bits per heavy atom. The van der Waals surface area contributed by atoms with E-state index in [4.69, 9.17) is 24.5 Å². The molecule has 1 aromatic rings. The minimum atomic E-state index is -0.575. The lowest BCUT2D eigenvalue weighted by Crippen LogP contribution is -2.47. The maximum Gasteiger partial charge on any atom is 0.305 e. The summed E-state index contributed by atoms with van der Waals surface area (Å²) in [5.74, 6) is -0.524. The Labute approximate surface area is 253 Å². The van der Waals surface area contributed by atoms with E-state index in [-0.39, 0.29) is 24.8 Å². The molecule has 4 aliphatic heterocycles. The normalized spacial score (nSPS) is 27.3. The number of hydrogen-bond acceptors (Lipinski definition) is 7. The molecule has 0 aromatic carbocycles. The number of aromatic nitrogens is 1. The summed E-state index contributed by atoms with van der Waals surface area (Å²) in [6.07, 6.45) is 7.75. The molecule has 5 rings (SSSR count). The number of H-pyrrole nitrogens is 1.